The van der Waals surface area contributed by atoms with E-state index in [2.05, 4.69) is 27.3 Å². The van der Waals surface area contributed by atoms with Crippen molar-refractivity contribution < 1.29 is 38.1 Å². The van der Waals surface area contributed by atoms with Crippen LogP contribution in [-0.4, -0.2) is 48.0 Å². The highest BCUT2D eigenvalue weighted by Crippen LogP contribution is 2.41. The quantitative estimate of drug-likeness (QED) is 0.0511. The number of esters is 4. The molecule has 0 amide bonds. The molecule has 0 atom stereocenters. The lowest BCUT2D eigenvalue weighted by Gasteiger charge is -2.16. The molecule has 16 heteroatoms. The van der Waals surface area contributed by atoms with Crippen LogP contribution >= 0.6 is 0 Å². The zero-order valence-corrected chi connectivity index (χ0v) is 60.8. The summed E-state index contributed by atoms with van der Waals surface area (Å²) in [7, 11) is 0. The molecule has 0 saturated carbocycles. The molecule has 0 bridgehead atoms. The molecular formula is C98H62N8O8. The first kappa shape index (κ1) is 71.0. The van der Waals surface area contributed by atoms with E-state index in [4.69, 9.17) is 33.9 Å². The molecule has 542 valence electrons. The first-order valence-electron chi connectivity index (χ1n) is 36.7. The van der Waals surface area contributed by atoms with Crippen molar-refractivity contribution in [2.24, 2.45) is 0 Å². The van der Waals surface area contributed by atoms with Crippen molar-refractivity contribution in [1.82, 2.24) is 24.1 Å². The van der Waals surface area contributed by atoms with Gasteiger partial charge in [0.2, 0.25) is 0 Å². The van der Waals surface area contributed by atoms with Crippen LogP contribution in [0.3, 0.4) is 0 Å². The van der Waals surface area contributed by atoms with E-state index in [9.17, 15) is 35.0 Å². The number of carbonyl (C=O) groups is 4. The maximum absolute atomic E-state index is 14.2. The number of carbonyl (C=O) groups excluding carboxylic acids is 4. The van der Waals surface area contributed by atoms with Crippen LogP contribution in [0.15, 0.2) is 328 Å². The molecule has 16 nitrogen and oxygen atoms in total. The number of hydrogen-bond donors (Lipinski definition) is 0. The summed E-state index contributed by atoms with van der Waals surface area (Å²) >= 11 is 0. The summed E-state index contributed by atoms with van der Waals surface area (Å²) in [5.41, 5.74) is 15.5. The molecule has 0 aliphatic rings. The number of hydrogen-bond acceptors (Lipinski definition) is 14. The van der Waals surface area contributed by atoms with Crippen LogP contribution in [0.4, 0.5) is 0 Å². The number of ether oxygens (including phenoxy) is 4. The molecule has 0 aliphatic carbocycles. The van der Waals surface area contributed by atoms with Crippen molar-refractivity contribution in [3.05, 3.63) is 389 Å². The molecular weight excluding hydrogens is 1420 g/mol. The van der Waals surface area contributed by atoms with Crippen LogP contribution in [0.25, 0.3) is 123 Å². The first-order valence-corrected chi connectivity index (χ1v) is 36.7. The Morgan fingerprint density at radius 2 is 0.588 bits per heavy atom. The Kier molecular flexibility index (Phi) is 19.5. The van der Waals surface area contributed by atoms with Crippen LogP contribution in [-0.2, 0) is 45.4 Å². The fourth-order valence-electron chi connectivity index (χ4n) is 14.3. The minimum absolute atomic E-state index is 0.0436. The standard InChI is InChI=1S/C98H62N8O8/c99-55-66-25-15-28-70(43-66)77-45-79(49-81(47-77)105-88-39-35-72(95(107)111-58-62-17-5-1-6-18-62)51-84(88)85-52-73(36-40-89(85)105)96(108)112-59-63-19-7-2-8-20-63)93-102-92(69-33-31-68(32-34-69)83-30-14-13-27-76(83)57-101)103-94(104-93)80-46-78(71-29-16-26-67(44-71)56-100)48-82(50-80)106-90-41-37-74(97(109)113-60-64-21-9-3-10-22-64)53-86(90)87-54-75(38-42-91(87)106)98(110)114-61-65-23-11-4-12-24-65/h1-54H,58-61H2. The number of aromatic nitrogens is 5. The molecule has 0 N–H and O–H groups in total. The second kappa shape index (κ2) is 31.3. The zero-order chi connectivity index (χ0) is 77.6. The average Bonchev–Trinajstić information content (AvgIpc) is 1.58. The van der Waals surface area contributed by atoms with Gasteiger partial charge in [-0.1, -0.05) is 188 Å². The van der Waals surface area contributed by atoms with Crippen molar-refractivity contribution in [3.8, 4) is 97.1 Å². The molecule has 3 heterocycles. The summed E-state index contributed by atoms with van der Waals surface area (Å²) in [6.45, 7) is 0.174. The van der Waals surface area contributed by atoms with Crippen molar-refractivity contribution in [3.63, 3.8) is 0 Å². The van der Waals surface area contributed by atoms with Gasteiger partial charge in [0.05, 0.1) is 79.2 Å². The monoisotopic (exact) mass is 1480 g/mol. The summed E-state index contributed by atoms with van der Waals surface area (Å²) in [6, 6.07) is 108. The molecule has 17 aromatic rings. The lowest BCUT2D eigenvalue weighted by Crippen LogP contribution is -2.05. The average molecular weight is 1480 g/mol. The van der Waals surface area contributed by atoms with Gasteiger partial charge < -0.3 is 28.1 Å². The molecule has 0 unspecified atom stereocenters. The Labute approximate surface area is 654 Å². The SMILES string of the molecule is N#Cc1cccc(-c2cc(-c3nc(-c4ccc(-c5ccccc5C#N)cc4)nc(-c4cc(-c5cccc(C#N)c5)cc(-n5c6ccc(C(=O)OCc7ccccc7)cc6c6cc(C(=O)OCc7ccccc7)ccc65)c4)n3)cc(-n3c4ccc(C(=O)OCc5ccccc5)cc4c4cc(C(=O)OCc5ccccc5)ccc43)c2)c1. The van der Waals surface area contributed by atoms with E-state index in [0.29, 0.717) is 111 Å². The van der Waals surface area contributed by atoms with E-state index >= 15 is 0 Å². The van der Waals surface area contributed by atoms with E-state index in [-0.39, 0.29) is 66.2 Å². The van der Waals surface area contributed by atoms with Crippen molar-refractivity contribution in [1.29, 1.82) is 15.8 Å². The van der Waals surface area contributed by atoms with Gasteiger partial charge in [-0.2, -0.15) is 15.8 Å². The fraction of sp³-hybridized carbons (Fsp3) is 0.0408. The topological polar surface area (TPSA) is 225 Å². The first-order chi connectivity index (χ1) is 56.0. The molecule has 0 spiro atoms. The summed E-state index contributed by atoms with van der Waals surface area (Å²) in [5, 5.41) is 33.6. The Morgan fingerprint density at radius 3 is 0.930 bits per heavy atom. The fourth-order valence-corrected chi connectivity index (χ4v) is 14.3. The number of fused-ring (bicyclic) bond motifs is 6. The third-order valence-electron chi connectivity index (χ3n) is 20.0. The third-order valence-corrected chi connectivity index (χ3v) is 20.0. The molecule has 114 heavy (non-hydrogen) atoms. The van der Waals surface area contributed by atoms with Gasteiger partial charge in [-0.05, 0) is 195 Å². The van der Waals surface area contributed by atoms with Crippen LogP contribution in [0.1, 0.15) is 80.4 Å². The number of benzene rings is 14. The van der Waals surface area contributed by atoms with Gasteiger partial charge >= 0.3 is 23.9 Å². The molecule has 0 fully saturated rings. The van der Waals surface area contributed by atoms with Gasteiger partial charge in [0, 0.05) is 49.6 Å². The highest BCUT2D eigenvalue weighted by molar-refractivity contribution is 6.15. The molecule has 0 saturated heterocycles. The molecule has 0 radical (unpaired) electrons. The minimum Gasteiger partial charge on any atom is -0.457 e. The number of nitrogens with zero attached hydrogens (tertiary/aromatic N) is 8. The number of rotatable bonds is 20. The number of nitriles is 3. The predicted molar refractivity (Wildman–Crippen MR) is 438 cm³/mol. The Balaban J connectivity index is 0.871. The lowest BCUT2D eigenvalue weighted by molar-refractivity contribution is 0.0464. The van der Waals surface area contributed by atoms with Crippen molar-refractivity contribution >= 4 is 67.5 Å². The summed E-state index contributed by atoms with van der Waals surface area (Å²) in [5.74, 6) is -1.45. The van der Waals surface area contributed by atoms with Crippen LogP contribution in [0.5, 0.6) is 0 Å². The normalized spacial score (nSPS) is 11.1. The highest BCUT2D eigenvalue weighted by Gasteiger charge is 2.25. The Hall–Kier alpha value is -16.0. The smallest absolute Gasteiger partial charge is 0.338 e. The summed E-state index contributed by atoms with van der Waals surface area (Å²) in [4.78, 5) is 73.0. The zero-order valence-electron chi connectivity index (χ0n) is 60.8. The van der Waals surface area contributed by atoms with E-state index in [1.807, 2.05) is 261 Å². The lowest BCUT2D eigenvalue weighted by atomic mass is 9.98. The van der Waals surface area contributed by atoms with Crippen molar-refractivity contribution in [2.45, 2.75) is 26.4 Å². The second-order valence-electron chi connectivity index (χ2n) is 27.3. The van der Waals surface area contributed by atoms with Crippen molar-refractivity contribution in [2.75, 3.05) is 0 Å². The van der Waals surface area contributed by atoms with E-state index < -0.39 is 23.9 Å². The van der Waals surface area contributed by atoms with Gasteiger partial charge in [-0.15, -0.1) is 0 Å². The van der Waals surface area contributed by atoms with Crippen LogP contribution in [0.2, 0.25) is 0 Å². The van der Waals surface area contributed by atoms with Crippen LogP contribution in [0, 0.1) is 34.0 Å². The molecule has 0 aliphatic heterocycles. The van der Waals surface area contributed by atoms with Gasteiger partial charge in [-0.25, -0.2) is 34.1 Å². The molecule has 17 rings (SSSR count). The van der Waals surface area contributed by atoms with Gasteiger partial charge in [0.25, 0.3) is 0 Å². The second-order valence-corrected chi connectivity index (χ2v) is 27.3. The Morgan fingerprint density at radius 1 is 0.272 bits per heavy atom. The molecule has 14 aromatic carbocycles. The van der Waals surface area contributed by atoms with Gasteiger partial charge in [-0.3, -0.25) is 0 Å². The van der Waals surface area contributed by atoms with Gasteiger partial charge in [0.15, 0.2) is 17.5 Å². The minimum atomic E-state index is -0.548. The summed E-state index contributed by atoms with van der Waals surface area (Å²) in [6.07, 6.45) is 0. The molecule has 3 aromatic heterocycles. The highest BCUT2D eigenvalue weighted by atomic mass is 16.5. The van der Waals surface area contributed by atoms with E-state index in [1.165, 1.54) is 0 Å². The predicted octanol–water partition coefficient (Wildman–Crippen LogP) is 21.1. The largest absolute Gasteiger partial charge is 0.457 e. The van der Waals surface area contributed by atoms with Crippen LogP contribution < -0.4 is 0 Å². The maximum atomic E-state index is 14.2. The summed E-state index contributed by atoms with van der Waals surface area (Å²) < 4.78 is 27.7. The van der Waals surface area contributed by atoms with Gasteiger partial charge in [0.1, 0.15) is 26.4 Å². The van der Waals surface area contributed by atoms with E-state index in [1.54, 1.807) is 66.7 Å². The van der Waals surface area contributed by atoms with E-state index in [0.717, 1.165) is 33.4 Å². The third kappa shape index (κ3) is 14.7. The Bertz CT molecular complexity index is 6220. The maximum Gasteiger partial charge on any atom is 0.338 e.